The number of hydrogen-bond donors (Lipinski definition) is 0. The van der Waals surface area contributed by atoms with E-state index in [4.69, 9.17) is 4.74 Å². The van der Waals surface area contributed by atoms with Crippen LogP contribution in [0.25, 0.3) is 10.9 Å². The highest BCUT2D eigenvalue weighted by atomic mass is 32.2. The van der Waals surface area contributed by atoms with Gasteiger partial charge in [-0.05, 0) is 25.0 Å². The second-order valence-corrected chi connectivity index (χ2v) is 6.85. The van der Waals surface area contributed by atoms with E-state index in [2.05, 4.69) is 4.98 Å². The molecule has 0 radical (unpaired) electrons. The molecule has 1 aromatic heterocycles. The van der Waals surface area contributed by atoms with Crippen molar-refractivity contribution >= 4 is 28.4 Å². The van der Waals surface area contributed by atoms with Crippen LogP contribution in [0.1, 0.15) is 25.7 Å². The van der Waals surface area contributed by atoms with Crippen LogP contribution in [-0.2, 0) is 16.1 Å². The van der Waals surface area contributed by atoms with Gasteiger partial charge in [0.1, 0.15) is 5.78 Å². The molecule has 0 bridgehead atoms. The van der Waals surface area contributed by atoms with Gasteiger partial charge in [-0.15, -0.1) is 0 Å². The molecule has 6 heteroatoms. The Balaban J connectivity index is 2.02. The smallest absolute Gasteiger partial charge is 0.262 e. The number of Topliss-reactive ketones (excluding diaryl/α,β-unsaturated/α-hetero) is 1. The predicted octanol–water partition coefficient (Wildman–Crippen LogP) is 2.65. The molecule has 1 aromatic carbocycles. The van der Waals surface area contributed by atoms with Gasteiger partial charge in [0, 0.05) is 13.5 Å². The van der Waals surface area contributed by atoms with Crippen molar-refractivity contribution in [1.29, 1.82) is 0 Å². The number of ketones is 1. The van der Waals surface area contributed by atoms with Crippen LogP contribution in [0.15, 0.2) is 34.2 Å². The molecule has 0 saturated heterocycles. The van der Waals surface area contributed by atoms with Crippen molar-refractivity contribution in [2.24, 2.45) is 0 Å². The molecule has 1 aliphatic carbocycles. The summed E-state index contributed by atoms with van der Waals surface area (Å²) in [5.41, 5.74) is 0.607. The van der Waals surface area contributed by atoms with Crippen molar-refractivity contribution in [3.63, 3.8) is 0 Å². The number of benzene rings is 1. The number of para-hydroxylation sites is 1. The van der Waals surface area contributed by atoms with Gasteiger partial charge in [0.25, 0.3) is 5.56 Å². The zero-order chi connectivity index (χ0) is 16.2. The number of carbonyl (C=O) groups is 1. The van der Waals surface area contributed by atoms with E-state index in [0.717, 1.165) is 19.3 Å². The van der Waals surface area contributed by atoms with Gasteiger partial charge in [0.2, 0.25) is 0 Å². The predicted molar refractivity (Wildman–Crippen MR) is 91.0 cm³/mol. The number of hydrogen-bond acceptors (Lipinski definition) is 5. The summed E-state index contributed by atoms with van der Waals surface area (Å²) in [7, 11) is 1.61. The van der Waals surface area contributed by atoms with E-state index in [9.17, 15) is 9.59 Å². The molecule has 0 aliphatic heterocycles. The van der Waals surface area contributed by atoms with E-state index >= 15 is 0 Å². The number of aromatic nitrogens is 2. The van der Waals surface area contributed by atoms with Crippen LogP contribution in [0, 0.1) is 0 Å². The average molecular weight is 332 g/mol. The molecule has 5 nitrogen and oxygen atoms in total. The van der Waals surface area contributed by atoms with Crippen LogP contribution >= 0.6 is 11.8 Å². The Bertz CT molecular complexity index is 772. The summed E-state index contributed by atoms with van der Waals surface area (Å²) in [4.78, 5) is 29.5. The van der Waals surface area contributed by atoms with Crippen molar-refractivity contribution in [3.05, 3.63) is 34.6 Å². The highest BCUT2D eigenvalue weighted by Crippen LogP contribution is 2.30. The number of carbonyl (C=O) groups excluding carboxylic acids is 1. The highest BCUT2D eigenvalue weighted by Gasteiger charge is 2.25. The number of methoxy groups -OCH3 is 1. The Hall–Kier alpha value is -1.66. The van der Waals surface area contributed by atoms with Crippen LogP contribution in [0.4, 0.5) is 0 Å². The van der Waals surface area contributed by atoms with Crippen molar-refractivity contribution in [1.82, 2.24) is 9.55 Å². The summed E-state index contributed by atoms with van der Waals surface area (Å²) in [6.45, 7) is 0.877. The minimum atomic E-state index is -0.0920. The molecule has 122 valence electrons. The number of thioether (sulfide) groups is 1. The lowest BCUT2D eigenvalue weighted by Crippen LogP contribution is -2.28. The number of fused-ring (bicyclic) bond motifs is 1. The highest BCUT2D eigenvalue weighted by molar-refractivity contribution is 8.00. The van der Waals surface area contributed by atoms with Gasteiger partial charge >= 0.3 is 0 Å². The van der Waals surface area contributed by atoms with Crippen LogP contribution < -0.4 is 5.56 Å². The molecule has 0 spiro atoms. The summed E-state index contributed by atoms with van der Waals surface area (Å²) in [6.07, 6.45) is 3.51. The number of rotatable bonds is 5. The maximum atomic E-state index is 12.7. The molecular weight excluding hydrogens is 312 g/mol. The summed E-state index contributed by atoms with van der Waals surface area (Å²) < 4.78 is 6.75. The number of nitrogens with zero attached hydrogens (tertiary/aromatic N) is 2. The van der Waals surface area contributed by atoms with Crippen molar-refractivity contribution in [2.45, 2.75) is 42.6 Å². The Morgan fingerprint density at radius 3 is 2.91 bits per heavy atom. The van der Waals surface area contributed by atoms with Gasteiger partial charge in [-0.2, -0.15) is 0 Å². The second-order valence-electron chi connectivity index (χ2n) is 5.68. The number of ether oxygens (including phenoxy) is 1. The van der Waals surface area contributed by atoms with Crippen molar-refractivity contribution in [2.75, 3.05) is 13.7 Å². The Kier molecular flexibility index (Phi) is 5.13. The zero-order valence-corrected chi connectivity index (χ0v) is 14.0. The fourth-order valence-electron chi connectivity index (χ4n) is 2.82. The van der Waals surface area contributed by atoms with E-state index in [0.29, 0.717) is 35.6 Å². The molecule has 1 atom stereocenters. The molecular formula is C17H20N2O3S. The molecule has 2 aromatic rings. The molecule has 1 aliphatic rings. The van der Waals surface area contributed by atoms with Gasteiger partial charge in [-0.1, -0.05) is 30.3 Å². The molecule has 1 heterocycles. The van der Waals surface area contributed by atoms with E-state index in [1.54, 1.807) is 17.7 Å². The lowest BCUT2D eigenvalue weighted by Gasteiger charge is -2.21. The van der Waals surface area contributed by atoms with E-state index in [1.807, 2.05) is 18.2 Å². The minimum Gasteiger partial charge on any atom is -0.383 e. The molecule has 3 rings (SSSR count). The quantitative estimate of drug-likeness (QED) is 0.788. The summed E-state index contributed by atoms with van der Waals surface area (Å²) in [5.74, 6) is 0.266. The summed E-state index contributed by atoms with van der Waals surface area (Å²) >= 11 is 1.43. The van der Waals surface area contributed by atoms with Gasteiger partial charge in [-0.25, -0.2) is 4.98 Å². The Morgan fingerprint density at radius 1 is 1.30 bits per heavy atom. The molecule has 1 unspecified atom stereocenters. The first-order valence-electron chi connectivity index (χ1n) is 7.88. The fourth-order valence-corrected chi connectivity index (χ4v) is 4.06. The minimum absolute atomic E-state index is 0.0709. The fraction of sp³-hybridized carbons (Fsp3) is 0.471. The van der Waals surface area contributed by atoms with Gasteiger partial charge < -0.3 is 4.74 Å². The van der Waals surface area contributed by atoms with E-state index < -0.39 is 0 Å². The first-order valence-corrected chi connectivity index (χ1v) is 8.76. The van der Waals surface area contributed by atoms with Crippen LogP contribution in [0.3, 0.4) is 0 Å². The van der Waals surface area contributed by atoms with E-state index in [1.165, 1.54) is 11.8 Å². The average Bonchev–Trinajstić information content (AvgIpc) is 2.57. The van der Waals surface area contributed by atoms with Crippen LogP contribution in [-0.4, -0.2) is 34.3 Å². The van der Waals surface area contributed by atoms with Gasteiger partial charge in [0.15, 0.2) is 5.16 Å². The maximum Gasteiger partial charge on any atom is 0.262 e. The summed E-state index contributed by atoms with van der Waals surface area (Å²) in [6, 6.07) is 7.33. The zero-order valence-electron chi connectivity index (χ0n) is 13.2. The molecule has 1 saturated carbocycles. The Labute approximate surface area is 139 Å². The molecule has 0 N–H and O–H groups in total. The van der Waals surface area contributed by atoms with Crippen LogP contribution in [0.2, 0.25) is 0 Å². The Morgan fingerprint density at radius 2 is 2.13 bits per heavy atom. The first kappa shape index (κ1) is 16.2. The largest absolute Gasteiger partial charge is 0.383 e. The van der Waals surface area contributed by atoms with E-state index in [-0.39, 0.29) is 16.6 Å². The van der Waals surface area contributed by atoms with Crippen LogP contribution in [0.5, 0.6) is 0 Å². The van der Waals surface area contributed by atoms with Gasteiger partial charge in [-0.3, -0.25) is 14.2 Å². The maximum absolute atomic E-state index is 12.7. The SMILES string of the molecule is COCCn1c(SC2CCCCC2=O)nc2ccccc2c1=O. The summed E-state index contributed by atoms with van der Waals surface area (Å²) in [5, 5.41) is 1.12. The third-order valence-corrected chi connectivity index (χ3v) is 5.40. The molecule has 23 heavy (non-hydrogen) atoms. The lowest BCUT2D eigenvalue weighted by molar-refractivity contribution is -0.119. The van der Waals surface area contributed by atoms with Crippen molar-refractivity contribution < 1.29 is 9.53 Å². The lowest BCUT2D eigenvalue weighted by atomic mass is 9.99. The monoisotopic (exact) mass is 332 g/mol. The molecule has 1 fully saturated rings. The van der Waals surface area contributed by atoms with Crippen molar-refractivity contribution in [3.8, 4) is 0 Å². The topological polar surface area (TPSA) is 61.2 Å². The normalized spacial score (nSPS) is 18.5. The standard InChI is InChI=1S/C17H20N2O3S/c1-22-11-10-19-16(21)12-6-2-3-7-13(12)18-17(19)23-15-9-5-4-8-14(15)20/h2-3,6-7,15H,4-5,8-11H2,1H3. The second kappa shape index (κ2) is 7.27. The third kappa shape index (κ3) is 3.48. The molecule has 0 amide bonds. The van der Waals surface area contributed by atoms with Gasteiger partial charge in [0.05, 0.1) is 29.3 Å². The third-order valence-electron chi connectivity index (χ3n) is 4.09. The first-order chi connectivity index (χ1) is 11.2.